The van der Waals surface area contributed by atoms with E-state index in [4.69, 9.17) is 9.26 Å². The van der Waals surface area contributed by atoms with Crippen LogP contribution in [0.5, 0.6) is 0 Å². The molecule has 0 saturated carbocycles. The van der Waals surface area contributed by atoms with Gasteiger partial charge in [-0.1, -0.05) is 11.2 Å². The summed E-state index contributed by atoms with van der Waals surface area (Å²) in [5.74, 6) is 1.10. The molecule has 4 heterocycles. The molecule has 9 heteroatoms. The van der Waals surface area contributed by atoms with Crippen LogP contribution < -0.4 is 0 Å². The van der Waals surface area contributed by atoms with E-state index in [1.165, 1.54) is 0 Å². The zero-order valence-electron chi connectivity index (χ0n) is 13.2. The minimum atomic E-state index is -0.439. The molecule has 8 nitrogen and oxygen atoms in total. The number of hydrogen-bond acceptors (Lipinski definition) is 8. The highest BCUT2D eigenvalue weighted by atomic mass is 32.1. The summed E-state index contributed by atoms with van der Waals surface area (Å²) in [5, 5.41) is 5.87. The average molecular weight is 357 g/mol. The summed E-state index contributed by atoms with van der Waals surface area (Å²) in [4.78, 5) is 27.8. The number of hydrogen-bond donors (Lipinski definition) is 0. The van der Waals surface area contributed by atoms with Gasteiger partial charge >= 0.3 is 0 Å². The molecule has 1 amide bonds. The smallest absolute Gasteiger partial charge is 0.258 e. The van der Waals surface area contributed by atoms with Crippen LogP contribution >= 0.6 is 11.3 Å². The Morgan fingerprint density at radius 3 is 2.96 bits per heavy atom. The first-order valence-corrected chi connectivity index (χ1v) is 8.70. The third-order valence-corrected chi connectivity index (χ3v) is 4.68. The van der Waals surface area contributed by atoms with Gasteiger partial charge in [0.15, 0.2) is 6.10 Å². The van der Waals surface area contributed by atoms with Gasteiger partial charge in [0.1, 0.15) is 0 Å². The Labute approximate surface area is 147 Å². The van der Waals surface area contributed by atoms with E-state index in [-0.39, 0.29) is 5.91 Å². The summed E-state index contributed by atoms with van der Waals surface area (Å²) >= 11 is 1.58. The predicted molar refractivity (Wildman–Crippen MR) is 88.6 cm³/mol. The highest BCUT2D eigenvalue weighted by Gasteiger charge is 2.29. The lowest BCUT2D eigenvalue weighted by atomic mass is 10.2. The van der Waals surface area contributed by atoms with Gasteiger partial charge in [-0.05, 0) is 17.5 Å². The van der Waals surface area contributed by atoms with E-state index in [0.29, 0.717) is 43.7 Å². The summed E-state index contributed by atoms with van der Waals surface area (Å²) in [6, 6.07) is 5.62. The van der Waals surface area contributed by atoms with E-state index in [9.17, 15) is 4.79 Å². The van der Waals surface area contributed by atoms with Crippen molar-refractivity contribution in [3.8, 4) is 11.6 Å². The highest BCUT2D eigenvalue weighted by molar-refractivity contribution is 7.10. The van der Waals surface area contributed by atoms with Crippen molar-refractivity contribution < 1.29 is 14.1 Å². The SMILES string of the molecule is O=C(Cc1cccs1)N1CCOC(c2nc(-c3ncccn3)no2)C1. The number of morpholine rings is 1. The van der Waals surface area contributed by atoms with Crippen LogP contribution in [0.2, 0.25) is 0 Å². The lowest BCUT2D eigenvalue weighted by molar-refractivity contribution is -0.139. The Bertz CT molecular complexity index is 837. The number of ether oxygens (including phenoxy) is 1. The van der Waals surface area contributed by atoms with E-state index in [1.807, 2.05) is 17.5 Å². The molecule has 0 bridgehead atoms. The molecular weight excluding hydrogens is 342 g/mol. The Balaban J connectivity index is 1.44. The maximum Gasteiger partial charge on any atom is 0.258 e. The number of carbonyl (C=O) groups excluding carboxylic acids is 1. The molecule has 1 fully saturated rings. The van der Waals surface area contributed by atoms with Gasteiger partial charge in [-0.15, -0.1) is 11.3 Å². The molecule has 0 N–H and O–H groups in total. The normalized spacial score (nSPS) is 17.6. The molecule has 4 rings (SSSR count). The van der Waals surface area contributed by atoms with Crippen molar-refractivity contribution in [2.45, 2.75) is 12.5 Å². The number of nitrogens with zero attached hydrogens (tertiary/aromatic N) is 5. The first kappa shape index (κ1) is 15.9. The van der Waals surface area contributed by atoms with Crippen LogP contribution in [-0.2, 0) is 16.0 Å². The van der Waals surface area contributed by atoms with Crippen molar-refractivity contribution in [1.82, 2.24) is 25.0 Å². The summed E-state index contributed by atoms with van der Waals surface area (Å²) < 4.78 is 11.0. The fourth-order valence-electron chi connectivity index (χ4n) is 2.57. The van der Waals surface area contributed by atoms with Crippen molar-refractivity contribution in [2.24, 2.45) is 0 Å². The molecule has 0 aliphatic carbocycles. The molecule has 25 heavy (non-hydrogen) atoms. The molecule has 1 saturated heterocycles. The van der Waals surface area contributed by atoms with Crippen molar-refractivity contribution in [3.05, 3.63) is 46.7 Å². The van der Waals surface area contributed by atoms with E-state index in [2.05, 4.69) is 20.1 Å². The minimum absolute atomic E-state index is 0.0712. The van der Waals surface area contributed by atoms with Gasteiger partial charge in [0.25, 0.3) is 5.89 Å². The number of thiophene rings is 1. The topological polar surface area (TPSA) is 94.2 Å². The standard InChI is InChI=1S/C16H15N5O3S/c22-13(9-11-3-1-8-25-11)21-6-7-23-12(10-21)16-19-15(20-24-16)14-17-4-2-5-18-14/h1-5,8,12H,6-7,9-10H2. The van der Waals surface area contributed by atoms with Gasteiger partial charge in [0.05, 0.1) is 19.6 Å². The lowest BCUT2D eigenvalue weighted by Crippen LogP contribution is -2.43. The second-order valence-electron chi connectivity index (χ2n) is 5.48. The van der Waals surface area contributed by atoms with Crippen molar-refractivity contribution in [2.75, 3.05) is 19.7 Å². The third kappa shape index (κ3) is 3.57. The third-order valence-electron chi connectivity index (χ3n) is 3.81. The van der Waals surface area contributed by atoms with Gasteiger partial charge in [-0.25, -0.2) is 9.97 Å². The summed E-state index contributed by atoms with van der Waals surface area (Å²) in [6.07, 6.45) is 3.18. The van der Waals surface area contributed by atoms with Gasteiger partial charge in [0, 0.05) is 23.8 Å². The van der Waals surface area contributed by atoms with Crippen LogP contribution in [0.1, 0.15) is 16.9 Å². The Morgan fingerprint density at radius 1 is 1.28 bits per heavy atom. The quantitative estimate of drug-likeness (QED) is 0.702. The van der Waals surface area contributed by atoms with Crippen molar-refractivity contribution in [3.63, 3.8) is 0 Å². The second kappa shape index (κ2) is 7.08. The maximum absolute atomic E-state index is 12.5. The molecule has 1 atom stereocenters. The van der Waals surface area contributed by atoms with Crippen molar-refractivity contribution in [1.29, 1.82) is 0 Å². The predicted octanol–water partition coefficient (Wildman–Crippen LogP) is 1.73. The Kier molecular flexibility index (Phi) is 4.49. The molecular formula is C16H15N5O3S. The van der Waals surface area contributed by atoms with E-state index in [1.54, 1.807) is 34.7 Å². The summed E-state index contributed by atoms with van der Waals surface area (Å²) in [6.45, 7) is 1.38. The monoisotopic (exact) mass is 357 g/mol. The lowest BCUT2D eigenvalue weighted by Gasteiger charge is -2.31. The second-order valence-corrected chi connectivity index (χ2v) is 6.52. The maximum atomic E-state index is 12.5. The molecule has 0 spiro atoms. The molecule has 1 aliphatic rings. The van der Waals surface area contributed by atoms with Crippen LogP contribution in [0, 0.1) is 0 Å². The van der Waals surface area contributed by atoms with Gasteiger partial charge in [-0.3, -0.25) is 4.79 Å². The Morgan fingerprint density at radius 2 is 2.16 bits per heavy atom. The number of aromatic nitrogens is 4. The van der Waals surface area contributed by atoms with Gasteiger partial charge < -0.3 is 14.2 Å². The van der Waals surface area contributed by atoms with Crippen LogP contribution in [0.3, 0.4) is 0 Å². The zero-order valence-corrected chi connectivity index (χ0v) is 14.1. The fraction of sp³-hybridized carbons (Fsp3) is 0.312. The summed E-state index contributed by atoms with van der Waals surface area (Å²) in [7, 11) is 0. The number of amides is 1. The molecule has 3 aromatic rings. The Hall–Kier alpha value is -2.65. The zero-order chi connectivity index (χ0) is 17.1. The molecule has 0 radical (unpaired) electrons. The summed E-state index contributed by atoms with van der Waals surface area (Å²) in [5.41, 5.74) is 0. The van der Waals surface area contributed by atoms with E-state index in [0.717, 1.165) is 4.88 Å². The van der Waals surface area contributed by atoms with Gasteiger partial charge in [-0.2, -0.15) is 4.98 Å². The van der Waals surface area contributed by atoms with Crippen LogP contribution in [0.15, 0.2) is 40.5 Å². The molecule has 3 aromatic heterocycles. The number of rotatable bonds is 4. The van der Waals surface area contributed by atoms with E-state index < -0.39 is 6.10 Å². The van der Waals surface area contributed by atoms with Gasteiger partial charge in [0.2, 0.25) is 17.6 Å². The average Bonchev–Trinajstić information content (AvgIpc) is 3.34. The van der Waals surface area contributed by atoms with Crippen molar-refractivity contribution >= 4 is 17.2 Å². The van der Waals surface area contributed by atoms with Crippen LogP contribution in [0.25, 0.3) is 11.6 Å². The van der Waals surface area contributed by atoms with E-state index >= 15 is 0 Å². The molecule has 1 aliphatic heterocycles. The molecule has 1 unspecified atom stereocenters. The molecule has 128 valence electrons. The van der Waals surface area contributed by atoms with Crippen LogP contribution in [-0.4, -0.2) is 50.6 Å². The minimum Gasteiger partial charge on any atom is -0.365 e. The highest BCUT2D eigenvalue weighted by Crippen LogP contribution is 2.23. The first-order valence-electron chi connectivity index (χ1n) is 7.82. The fourth-order valence-corrected chi connectivity index (χ4v) is 3.27. The largest absolute Gasteiger partial charge is 0.365 e. The van der Waals surface area contributed by atoms with Crippen LogP contribution in [0.4, 0.5) is 0 Å². The molecule has 0 aromatic carbocycles. The first-order chi connectivity index (χ1) is 12.3. The number of carbonyl (C=O) groups is 1.